The minimum atomic E-state index is -0.561. The molecule has 3 aromatic rings. The number of alkyl halides is 1. The second kappa shape index (κ2) is 9.75. The lowest BCUT2D eigenvalue weighted by Crippen LogP contribution is -2.13. The van der Waals surface area contributed by atoms with E-state index in [1.54, 1.807) is 18.2 Å². The van der Waals surface area contributed by atoms with Gasteiger partial charge in [0.1, 0.15) is 5.02 Å². The molecule has 1 aromatic heterocycles. The average molecular weight is 465 g/mol. The number of amides is 1. The molecular weight excluding hydrogens is 446 g/mol. The summed E-state index contributed by atoms with van der Waals surface area (Å²) in [4.78, 5) is 24.5. The van der Waals surface area contributed by atoms with Crippen molar-refractivity contribution < 1.29 is 13.9 Å². The summed E-state index contributed by atoms with van der Waals surface area (Å²) in [7, 11) is 0. The van der Waals surface area contributed by atoms with Crippen LogP contribution < -0.4 is 15.7 Å². The Morgan fingerprint density at radius 1 is 1.14 bits per heavy atom. The zero-order valence-corrected chi connectivity index (χ0v) is 17.4. The highest BCUT2D eigenvalue weighted by Gasteiger charge is 2.14. The Balaban J connectivity index is 1.73. The van der Waals surface area contributed by atoms with Gasteiger partial charge < -0.3 is 14.5 Å². The molecular formula is C21H19BrClNO4. The summed E-state index contributed by atoms with van der Waals surface area (Å²) < 4.78 is 10.6. The predicted molar refractivity (Wildman–Crippen MR) is 115 cm³/mol. The first-order valence-electron chi connectivity index (χ1n) is 8.87. The van der Waals surface area contributed by atoms with Crippen molar-refractivity contribution >= 4 is 49.9 Å². The van der Waals surface area contributed by atoms with Crippen molar-refractivity contribution in [1.29, 1.82) is 0 Å². The molecule has 3 rings (SSSR count). The summed E-state index contributed by atoms with van der Waals surface area (Å²) in [6.07, 6.45) is 1.74. The number of carbonyl (C=O) groups is 1. The lowest BCUT2D eigenvalue weighted by Gasteiger charge is -2.09. The monoisotopic (exact) mass is 463 g/mol. The molecule has 0 atom stereocenters. The fourth-order valence-corrected chi connectivity index (χ4v) is 3.20. The maximum atomic E-state index is 12.3. The zero-order chi connectivity index (χ0) is 19.9. The van der Waals surface area contributed by atoms with Crippen LogP contribution in [0, 0.1) is 0 Å². The predicted octanol–water partition coefficient (Wildman–Crippen LogP) is 5.18. The Hall–Kier alpha value is -2.31. The maximum absolute atomic E-state index is 12.3. The van der Waals surface area contributed by atoms with Gasteiger partial charge in [-0.3, -0.25) is 4.79 Å². The molecule has 0 saturated carbocycles. The Morgan fingerprint density at radius 2 is 1.93 bits per heavy atom. The highest BCUT2D eigenvalue weighted by molar-refractivity contribution is 9.09. The minimum Gasteiger partial charge on any atom is -0.464 e. The molecule has 28 heavy (non-hydrogen) atoms. The van der Waals surface area contributed by atoms with E-state index in [1.807, 2.05) is 30.3 Å². The smallest absolute Gasteiger partial charge is 0.346 e. The first-order chi connectivity index (χ1) is 13.6. The number of anilines is 1. The molecule has 0 radical (unpaired) electrons. The van der Waals surface area contributed by atoms with Crippen LogP contribution in [-0.2, 0) is 11.2 Å². The lowest BCUT2D eigenvalue weighted by atomic mass is 10.1. The Labute approximate surface area is 175 Å². The van der Waals surface area contributed by atoms with Crippen molar-refractivity contribution in [3.05, 3.63) is 69.5 Å². The summed E-state index contributed by atoms with van der Waals surface area (Å²) in [5, 5.41) is 4.64. The van der Waals surface area contributed by atoms with Crippen LogP contribution in [0.1, 0.15) is 18.4 Å². The van der Waals surface area contributed by atoms with Crippen molar-refractivity contribution in [1.82, 2.24) is 0 Å². The first kappa shape index (κ1) is 20.4. The van der Waals surface area contributed by atoms with E-state index in [0.717, 1.165) is 17.3 Å². The van der Waals surface area contributed by atoms with Crippen LogP contribution >= 0.6 is 27.5 Å². The molecule has 0 aliphatic heterocycles. The van der Waals surface area contributed by atoms with Gasteiger partial charge in [0.15, 0.2) is 0 Å². The van der Waals surface area contributed by atoms with Crippen molar-refractivity contribution in [2.75, 3.05) is 17.3 Å². The van der Waals surface area contributed by atoms with Crippen molar-refractivity contribution in [2.24, 2.45) is 0 Å². The third-order valence-electron chi connectivity index (χ3n) is 4.12. The van der Waals surface area contributed by atoms with E-state index in [4.69, 9.17) is 20.8 Å². The summed E-state index contributed by atoms with van der Waals surface area (Å²) in [6, 6.07) is 14.7. The Morgan fingerprint density at radius 3 is 2.68 bits per heavy atom. The topological polar surface area (TPSA) is 68.5 Å². The number of hydrogen-bond donors (Lipinski definition) is 1. The molecule has 0 aliphatic rings. The molecule has 0 bridgehead atoms. The third kappa shape index (κ3) is 5.14. The molecule has 1 N–H and O–H groups in total. The van der Waals surface area contributed by atoms with Crippen molar-refractivity contribution in [2.45, 2.75) is 19.3 Å². The van der Waals surface area contributed by atoms with E-state index in [0.29, 0.717) is 35.9 Å². The second-order valence-corrected chi connectivity index (χ2v) is 7.35. The molecule has 7 heteroatoms. The molecule has 0 saturated heterocycles. The van der Waals surface area contributed by atoms with Crippen LogP contribution in [0.4, 0.5) is 5.69 Å². The molecule has 0 fully saturated rings. The molecule has 146 valence electrons. The summed E-state index contributed by atoms with van der Waals surface area (Å²) in [5.74, 6) is -0.117. The van der Waals surface area contributed by atoms with E-state index in [1.165, 1.54) is 0 Å². The van der Waals surface area contributed by atoms with Gasteiger partial charge in [0.2, 0.25) is 5.91 Å². The van der Waals surface area contributed by atoms with Crippen LogP contribution in [0.5, 0.6) is 5.95 Å². The lowest BCUT2D eigenvalue weighted by molar-refractivity contribution is -0.116. The van der Waals surface area contributed by atoms with E-state index in [9.17, 15) is 9.59 Å². The Kier molecular flexibility index (Phi) is 7.12. The largest absolute Gasteiger partial charge is 0.464 e. The number of halogens is 2. The summed E-state index contributed by atoms with van der Waals surface area (Å²) in [6.45, 7) is 0.384. The fraction of sp³-hybridized carbons (Fsp3) is 0.238. The van der Waals surface area contributed by atoms with E-state index in [-0.39, 0.29) is 16.9 Å². The van der Waals surface area contributed by atoms with E-state index < -0.39 is 5.63 Å². The number of hydrogen-bond acceptors (Lipinski definition) is 4. The highest BCUT2D eigenvalue weighted by atomic mass is 79.9. The number of aryl methyl sites for hydroxylation is 1. The molecule has 5 nitrogen and oxygen atoms in total. The SMILES string of the molecule is O=C(CCc1ccccc1)Nc1ccc2c(Cl)c(OCCCBr)oc(=O)c2c1. The maximum Gasteiger partial charge on any atom is 0.346 e. The average Bonchev–Trinajstić information content (AvgIpc) is 2.71. The van der Waals surface area contributed by atoms with Gasteiger partial charge >= 0.3 is 11.6 Å². The van der Waals surface area contributed by atoms with Crippen molar-refractivity contribution in [3.63, 3.8) is 0 Å². The zero-order valence-electron chi connectivity index (χ0n) is 15.0. The number of carbonyl (C=O) groups excluding carboxylic acids is 1. The highest BCUT2D eigenvalue weighted by Crippen LogP contribution is 2.32. The molecule has 2 aromatic carbocycles. The normalized spacial score (nSPS) is 10.8. The molecule has 0 spiro atoms. The van der Waals surface area contributed by atoms with Gasteiger partial charge in [-0.15, -0.1) is 0 Å². The number of ether oxygens (including phenoxy) is 1. The first-order valence-corrected chi connectivity index (χ1v) is 10.4. The fourth-order valence-electron chi connectivity index (χ4n) is 2.71. The third-order valence-corrected chi connectivity index (χ3v) is 5.04. The molecule has 1 amide bonds. The second-order valence-electron chi connectivity index (χ2n) is 6.18. The Bertz CT molecular complexity index is 1020. The van der Waals surface area contributed by atoms with Gasteiger partial charge in [0.05, 0.1) is 12.0 Å². The van der Waals surface area contributed by atoms with Crippen LogP contribution in [0.2, 0.25) is 5.02 Å². The molecule has 0 unspecified atom stereocenters. The minimum absolute atomic E-state index is 0.0137. The van der Waals surface area contributed by atoms with Crippen LogP contribution in [0.15, 0.2) is 57.7 Å². The summed E-state index contributed by atoms with van der Waals surface area (Å²) in [5.41, 5.74) is 1.05. The number of fused-ring (bicyclic) bond motifs is 1. The summed E-state index contributed by atoms with van der Waals surface area (Å²) >= 11 is 9.62. The van der Waals surface area contributed by atoms with Gasteiger partial charge in [-0.05, 0) is 30.5 Å². The van der Waals surface area contributed by atoms with Crippen molar-refractivity contribution in [3.8, 4) is 5.95 Å². The van der Waals surface area contributed by atoms with Gasteiger partial charge in [-0.2, -0.15) is 0 Å². The van der Waals surface area contributed by atoms with E-state index >= 15 is 0 Å². The van der Waals surface area contributed by atoms with Gasteiger partial charge in [-0.25, -0.2) is 4.79 Å². The van der Waals surface area contributed by atoms with Crippen LogP contribution in [0.3, 0.4) is 0 Å². The van der Waals surface area contributed by atoms with Gasteiger partial charge in [0, 0.05) is 22.8 Å². The quantitative estimate of drug-likeness (QED) is 0.368. The van der Waals surface area contributed by atoms with E-state index in [2.05, 4.69) is 21.2 Å². The molecule has 1 heterocycles. The van der Waals surface area contributed by atoms with Gasteiger partial charge in [0.25, 0.3) is 0 Å². The van der Waals surface area contributed by atoms with Crippen LogP contribution in [-0.4, -0.2) is 17.8 Å². The standard InChI is InChI=1S/C21H19BrClNO4/c22-11-4-12-27-21-19(23)16-9-8-15(13-17(16)20(26)28-21)24-18(25)10-7-14-5-2-1-3-6-14/h1-3,5-6,8-9,13H,4,7,10-12H2,(H,24,25). The molecule has 0 aliphatic carbocycles. The number of rotatable bonds is 8. The number of nitrogens with one attached hydrogen (secondary N) is 1. The van der Waals surface area contributed by atoms with Crippen LogP contribution in [0.25, 0.3) is 10.8 Å². The number of benzene rings is 2. The van der Waals surface area contributed by atoms with Gasteiger partial charge in [-0.1, -0.05) is 63.9 Å².